The molecule has 0 spiro atoms. The van der Waals surface area contributed by atoms with Crippen molar-refractivity contribution in [1.29, 1.82) is 0 Å². The fourth-order valence-electron chi connectivity index (χ4n) is 4.76. The van der Waals surface area contributed by atoms with Crippen LogP contribution in [0, 0.1) is 13.8 Å². The Hall–Kier alpha value is -5.41. The number of rotatable bonds is 8. The molecule has 2 heterocycles. The molecule has 0 aliphatic rings. The lowest BCUT2D eigenvalue weighted by Gasteiger charge is -2.06. The summed E-state index contributed by atoms with van der Waals surface area (Å²) in [5.41, 5.74) is 3.43. The van der Waals surface area contributed by atoms with Crippen molar-refractivity contribution >= 4 is 56.1 Å². The van der Waals surface area contributed by atoms with E-state index in [0.717, 1.165) is 11.1 Å². The molecule has 242 valence electrons. The zero-order valence-corrected chi connectivity index (χ0v) is 27.4. The number of aryl methyl sites for hydroxylation is 2. The molecular weight excluding hydrogens is 679 g/mol. The van der Waals surface area contributed by atoms with Gasteiger partial charge in [0, 0.05) is 0 Å². The maximum absolute atomic E-state index is 13.0. The molecule has 0 fully saturated rings. The van der Waals surface area contributed by atoms with Crippen molar-refractivity contribution in [3.8, 4) is 22.5 Å². The highest BCUT2D eigenvalue weighted by molar-refractivity contribution is 7.85. The zero-order chi connectivity index (χ0) is 34.2. The van der Waals surface area contributed by atoms with E-state index in [1.165, 1.54) is 33.6 Å². The second-order valence-corrected chi connectivity index (χ2v) is 12.7. The van der Waals surface area contributed by atoms with Crippen LogP contribution in [0.25, 0.3) is 22.5 Å². The second kappa shape index (κ2) is 13.0. The Bertz CT molecular complexity index is 2460. The molecule has 0 radical (unpaired) electrons. The number of H-pyrrole nitrogens is 2. The number of para-hydroxylation sites is 1. The first-order valence-corrected chi connectivity index (χ1v) is 16.3. The molecule has 0 bridgehead atoms. The molecule has 48 heavy (non-hydrogen) atoms. The number of benzene rings is 4. The van der Waals surface area contributed by atoms with Crippen LogP contribution in [0.1, 0.15) is 11.4 Å². The first kappa shape index (κ1) is 32.5. The maximum atomic E-state index is 13.0. The van der Waals surface area contributed by atoms with Gasteiger partial charge in [-0.25, -0.2) is 9.36 Å². The third-order valence-electron chi connectivity index (χ3n) is 7.23. The fraction of sp³-hybridized carbons (Fsp3) is 0.0625. The largest absolute Gasteiger partial charge is 0.299 e. The van der Waals surface area contributed by atoms with E-state index in [4.69, 9.17) is 23.2 Å². The van der Waals surface area contributed by atoms with Crippen molar-refractivity contribution in [1.82, 2.24) is 19.6 Å². The summed E-state index contributed by atoms with van der Waals surface area (Å²) in [7, 11) is -4.37. The molecule has 0 unspecified atom stereocenters. The second-order valence-electron chi connectivity index (χ2n) is 10.5. The minimum Gasteiger partial charge on any atom is -0.293 e. The molecule has 0 saturated carbocycles. The van der Waals surface area contributed by atoms with Crippen molar-refractivity contribution in [2.45, 2.75) is 18.7 Å². The summed E-state index contributed by atoms with van der Waals surface area (Å²) >= 11 is 13.1. The highest BCUT2D eigenvalue weighted by Gasteiger charge is 2.16. The van der Waals surface area contributed by atoms with Crippen LogP contribution in [0.5, 0.6) is 0 Å². The van der Waals surface area contributed by atoms with Crippen molar-refractivity contribution in [3.63, 3.8) is 0 Å². The van der Waals surface area contributed by atoms with Gasteiger partial charge in [0.05, 0.1) is 37.7 Å². The van der Waals surface area contributed by atoms with Crippen LogP contribution in [-0.4, -0.2) is 32.5 Å². The van der Waals surface area contributed by atoms with E-state index in [2.05, 4.69) is 30.7 Å². The van der Waals surface area contributed by atoms with Crippen molar-refractivity contribution in [2.75, 3.05) is 0 Å². The smallest absolute Gasteiger partial charge is 0.293 e. The number of azo groups is 2. The standard InChI is InChI=1S/C32H24Cl2N8O5S/c1-18-29(31(43)41(39-18)22-6-4-3-5-7-22)37-35-27-14-8-20(16-25(27)33)21-9-15-28(26(34)17-21)36-38-30-19(2)40-42(32(30)44)23-10-12-24(13-11-23)48(45,46)47/h3-17,39-40H,1-2H3,(H,45,46,47). The van der Waals surface area contributed by atoms with E-state index in [1.54, 1.807) is 62.4 Å². The van der Waals surface area contributed by atoms with Gasteiger partial charge >= 0.3 is 0 Å². The SMILES string of the molecule is Cc1[nH]n(-c2ccccc2)c(=O)c1N=Nc1ccc(-c2ccc(N=Nc3c(C)[nH]n(-c4ccc(S(=O)(=O)O)cc4)c3=O)c(Cl)c2)cc1Cl. The lowest BCUT2D eigenvalue weighted by molar-refractivity contribution is 0.483. The molecule has 0 amide bonds. The Morgan fingerprint density at radius 2 is 1.06 bits per heavy atom. The Balaban J connectivity index is 1.20. The predicted octanol–water partition coefficient (Wildman–Crippen LogP) is 8.31. The third-order valence-corrected chi connectivity index (χ3v) is 8.71. The number of aromatic nitrogens is 4. The first-order valence-electron chi connectivity index (χ1n) is 14.1. The van der Waals surface area contributed by atoms with E-state index < -0.39 is 15.7 Å². The number of hydrogen-bond acceptors (Lipinski definition) is 8. The number of hydrogen-bond donors (Lipinski definition) is 3. The quantitative estimate of drug-likeness (QED) is 0.106. The summed E-state index contributed by atoms with van der Waals surface area (Å²) in [4.78, 5) is 25.7. The van der Waals surface area contributed by atoms with Crippen LogP contribution < -0.4 is 11.1 Å². The monoisotopic (exact) mass is 702 g/mol. The minimum absolute atomic E-state index is 0.0272. The van der Waals surface area contributed by atoms with Crippen LogP contribution in [0.3, 0.4) is 0 Å². The molecule has 0 aliphatic carbocycles. The molecular formula is C32H24Cl2N8O5S. The van der Waals surface area contributed by atoms with E-state index in [0.29, 0.717) is 39.2 Å². The van der Waals surface area contributed by atoms with Crippen LogP contribution in [0.4, 0.5) is 22.7 Å². The van der Waals surface area contributed by atoms with Gasteiger partial charge in [0.2, 0.25) is 0 Å². The molecule has 2 aromatic heterocycles. The van der Waals surface area contributed by atoms with Gasteiger partial charge in [0.25, 0.3) is 21.2 Å². The molecule has 3 N–H and O–H groups in total. The number of nitrogens with zero attached hydrogens (tertiary/aromatic N) is 6. The third kappa shape index (κ3) is 6.55. The fourth-order valence-corrected chi connectivity index (χ4v) is 5.68. The van der Waals surface area contributed by atoms with Gasteiger partial charge in [-0.3, -0.25) is 24.3 Å². The van der Waals surface area contributed by atoms with Crippen molar-refractivity contribution in [3.05, 3.63) is 133 Å². The van der Waals surface area contributed by atoms with Crippen LogP contribution in [0.2, 0.25) is 10.0 Å². The van der Waals surface area contributed by atoms with Crippen molar-refractivity contribution < 1.29 is 13.0 Å². The zero-order valence-electron chi connectivity index (χ0n) is 25.1. The van der Waals surface area contributed by atoms with Crippen LogP contribution in [-0.2, 0) is 10.1 Å². The van der Waals surface area contributed by atoms with Gasteiger partial charge in [-0.05, 0) is 85.6 Å². The van der Waals surface area contributed by atoms with Gasteiger partial charge in [-0.15, -0.1) is 20.5 Å². The molecule has 4 aromatic carbocycles. The number of halogens is 2. The summed E-state index contributed by atoms with van der Waals surface area (Å²) in [5, 5.41) is 23.1. The van der Waals surface area contributed by atoms with E-state index >= 15 is 0 Å². The summed E-state index contributed by atoms with van der Waals surface area (Å²) in [5.74, 6) is 0. The molecule has 0 atom stereocenters. The van der Waals surface area contributed by atoms with Gasteiger partial charge in [0.15, 0.2) is 11.4 Å². The number of aromatic amines is 2. The first-order chi connectivity index (χ1) is 22.9. The molecule has 0 aliphatic heterocycles. The number of nitrogens with one attached hydrogen (secondary N) is 2. The Morgan fingerprint density at radius 1 is 0.625 bits per heavy atom. The minimum atomic E-state index is -4.37. The summed E-state index contributed by atoms with van der Waals surface area (Å²) in [6.45, 7) is 3.37. The van der Waals surface area contributed by atoms with Gasteiger partial charge in [0.1, 0.15) is 11.4 Å². The molecule has 0 saturated heterocycles. The lowest BCUT2D eigenvalue weighted by atomic mass is 10.1. The van der Waals surface area contributed by atoms with Crippen LogP contribution in [0.15, 0.2) is 126 Å². The molecule has 13 nitrogen and oxygen atoms in total. The maximum Gasteiger partial charge on any atom is 0.299 e. The topological polar surface area (TPSA) is 179 Å². The van der Waals surface area contributed by atoms with Crippen LogP contribution >= 0.6 is 23.2 Å². The highest BCUT2D eigenvalue weighted by Crippen LogP contribution is 2.35. The summed E-state index contributed by atoms with van der Waals surface area (Å²) < 4.78 is 34.4. The highest BCUT2D eigenvalue weighted by atomic mass is 35.5. The van der Waals surface area contributed by atoms with E-state index in [1.807, 2.05) is 18.2 Å². The van der Waals surface area contributed by atoms with Gasteiger partial charge < -0.3 is 0 Å². The normalized spacial score (nSPS) is 12.0. The predicted molar refractivity (Wildman–Crippen MR) is 182 cm³/mol. The average Bonchev–Trinajstić information content (AvgIpc) is 3.52. The molecule has 16 heteroatoms. The van der Waals surface area contributed by atoms with Gasteiger partial charge in [-0.1, -0.05) is 53.5 Å². The van der Waals surface area contributed by atoms with E-state index in [9.17, 15) is 22.6 Å². The van der Waals surface area contributed by atoms with E-state index in [-0.39, 0.29) is 26.9 Å². The summed E-state index contributed by atoms with van der Waals surface area (Å²) in [6.07, 6.45) is 0. The molecule has 6 rings (SSSR count). The Morgan fingerprint density at radius 3 is 1.48 bits per heavy atom. The Labute approximate surface area is 282 Å². The van der Waals surface area contributed by atoms with Crippen molar-refractivity contribution in [2.24, 2.45) is 20.5 Å². The average molecular weight is 704 g/mol. The van der Waals surface area contributed by atoms with Gasteiger partial charge in [-0.2, -0.15) is 8.42 Å². The summed E-state index contributed by atoms with van der Waals surface area (Å²) in [6, 6.07) is 24.5. The Kier molecular flexibility index (Phi) is 8.81. The molecule has 6 aromatic rings. The lowest BCUT2D eigenvalue weighted by Crippen LogP contribution is -2.14.